The Labute approximate surface area is 103 Å². The lowest BCUT2D eigenvalue weighted by atomic mass is 10.2. The third kappa shape index (κ3) is 1.74. The average Bonchev–Trinajstić information content (AvgIpc) is 2.17. The summed E-state index contributed by atoms with van der Waals surface area (Å²) in [4.78, 5) is 4.24. The van der Waals surface area contributed by atoms with E-state index in [1.807, 2.05) is 24.3 Å². The Morgan fingerprint density at radius 3 is 2.86 bits per heavy atom. The highest BCUT2D eigenvalue weighted by molar-refractivity contribution is 14.1. The molecule has 0 atom stereocenters. The maximum Gasteiger partial charge on any atom is 0.141 e. The van der Waals surface area contributed by atoms with Crippen molar-refractivity contribution in [3.8, 4) is 6.07 Å². The molecular formula is C10H4BrIN2. The van der Waals surface area contributed by atoms with Crippen LogP contribution in [0.1, 0.15) is 5.69 Å². The topological polar surface area (TPSA) is 36.7 Å². The minimum atomic E-state index is 0.456. The molecule has 0 unspecified atom stereocenters. The van der Waals surface area contributed by atoms with Crippen molar-refractivity contribution in [2.24, 2.45) is 0 Å². The van der Waals surface area contributed by atoms with Gasteiger partial charge in [-0.2, -0.15) is 5.26 Å². The number of pyridine rings is 1. The number of nitriles is 1. The molecule has 68 valence electrons. The van der Waals surface area contributed by atoms with Crippen molar-refractivity contribution in [1.29, 1.82) is 5.26 Å². The zero-order valence-corrected chi connectivity index (χ0v) is 10.7. The summed E-state index contributed by atoms with van der Waals surface area (Å²) in [6.07, 6.45) is 0. The van der Waals surface area contributed by atoms with Gasteiger partial charge in [-0.05, 0) is 46.9 Å². The Hall–Kier alpha value is -0.670. The minimum absolute atomic E-state index is 0.456. The summed E-state index contributed by atoms with van der Waals surface area (Å²) in [5.74, 6) is 0. The van der Waals surface area contributed by atoms with Crippen LogP contribution in [0.2, 0.25) is 0 Å². The summed E-state index contributed by atoms with van der Waals surface area (Å²) in [6.45, 7) is 0. The standard InChI is InChI=1S/C10H4BrIN2/c11-7-3-6-1-2-8(5-13)14-10(6)9(12)4-7/h1-4H. The molecule has 0 saturated carbocycles. The van der Waals surface area contributed by atoms with Gasteiger partial charge >= 0.3 is 0 Å². The van der Waals surface area contributed by atoms with Crippen LogP contribution in [0.5, 0.6) is 0 Å². The fourth-order valence-electron chi connectivity index (χ4n) is 1.22. The SMILES string of the molecule is N#Cc1ccc2cc(Br)cc(I)c2n1. The van der Waals surface area contributed by atoms with Gasteiger partial charge < -0.3 is 0 Å². The molecule has 4 heteroatoms. The quantitative estimate of drug-likeness (QED) is 0.676. The Balaban J connectivity index is 2.84. The van der Waals surface area contributed by atoms with Crippen LogP contribution >= 0.6 is 38.5 Å². The first-order valence-corrected chi connectivity index (χ1v) is 5.74. The lowest BCUT2D eigenvalue weighted by Gasteiger charge is -2.01. The predicted molar refractivity (Wildman–Crippen MR) is 66.9 cm³/mol. The zero-order valence-electron chi connectivity index (χ0n) is 6.96. The van der Waals surface area contributed by atoms with Crippen LogP contribution in [0.3, 0.4) is 0 Å². The van der Waals surface area contributed by atoms with Crippen molar-refractivity contribution in [3.63, 3.8) is 0 Å². The van der Waals surface area contributed by atoms with E-state index >= 15 is 0 Å². The average molecular weight is 359 g/mol. The first-order valence-electron chi connectivity index (χ1n) is 3.86. The number of rotatable bonds is 0. The molecule has 1 heterocycles. The highest BCUT2D eigenvalue weighted by atomic mass is 127. The fraction of sp³-hybridized carbons (Fsp3) is 0. The Morgan fingerprint density at radius 1 is 1.36 bits per heavy atom. The van der Waals surface area contributed by atoms with Crippen LogP contribution < -0.4 is 0 Å². The molecule has 2 rings (SSSR count). The van der Waals surface area contributed by atoms with Gasteiger partial charge in [0.05, 0.1) is 5.52 Å². The summed E-state index contributed by atoms with van der Waals surface area (Å²) in [5.41, 5.74) is 1.34. The molecule has 2 aromatic rings. The van der Waals surface area contributed by atoms with Crippen molar-refractivity contribution in [3.05, 3.63) is 38.0 Å². The van der Waals surface area contributed by atoms with Gasteiger partial charge in [0.1, 0.15) is 11.8 Å². The number of benzene rings is 1. The van der Waals surface area contributed by atoms with E-state index in [0.29, 0.717) is 5.69 Å². The molecule has 1 aromatic carbocycles. The molecule has 0 aliphatic carbocycles. The second-order valence-electron chi connectivity index (χ2n) is 2.77. The number of nitrogens with zero attached hydrogens (tertiary/aromatic N) is 2. The first kappa shape index (κ1) is 9.87. The van der Waals surface area contributed by atoms with E-state index < -0.39 is 0 Å². The number of fused-ring (bicyclic) bond motifs is 1. The van der Waals surface area contributed by atoms with E-state index in [9.17, 15) is 0 Å². The predicted octanol–water partition coefficient (Wildman–Crippen LogP) is 3.47. The third-order valence-electron chi connectivity index (χ3n) is 1.83. The molecule has 0 N–H and O–H groups in total. The summed E-state index contributed by atoms with van der Waals surface area (Å²) in [6, 6.07) is 9.65. The molecule has 2 nitrogen and oxygen atoms in total. The molecule has 0 aliphatic heterocycles. The van der Waals surface area contributed by atoms with Crippen LogP contribution in [0, 0.1) is 14.9 Å². The van der Waals surface area contributed by atoms with Crippen LogP contribution in [-0.4, -0.2) is 4.98 Å². The minimum Gasteiger partial charge on any atom is -0.236 e. The smallest absolute Gasteiger partial charge is 0.141 e. The monoisotopic (exact) mass is 358 g/mol. The Morgan fingerprint density at radius 2 is 2.14 bits per heavy atom. The molecule has 0 spiro atoms. The van der Waals surface area contributed by atoms with Crippen molar-refractivity contribution in [2.45, 2.75) is 0 Å². The van der Waals surface area contributed by atoms with Gasteiger partial charge in [0.2, 0.25) is 0 Å². The van der Waals surface area contributed by atoms with Gasteiger partial charge in [0.25, 0.3) is 0 Å². The van der Waals surface area contributed by atoms with E-state index in [4.69, 9.17) is 5.26 Å². The molecule has 0 bridgehead atoms. The Kier molecular flexibility index (Phi) is 2.70. The molecule has 0 fully saturated rings. The van der Waals surface area contributed by atoms with Gasteiger partial charge in [-0.15, -0.1) is 0 Å². The van der Waals surface area contributed by atoms with Crippen molar-refractivity contribution in [2.75, 3.05) is 0 Å². The highest BCUT2D eigenvalue weighted by Gasteiger charge is 2.03. The highest BCUT2D eigenvalue weighted by Crippen LogP contribution is 2.24. The van der Waals surface area contributed by atoms with Gasteiger partial charge in [0, 0.05) is 13.4 Å². The molecular weight excluding hydrogens is 355 g/mol. The van der Waals surface area contributed by atoms with Crippen LogP contribution in [0.15, 0.2) is 28.7 Å². The van der Waals surface area contributed by atoms with Crippen LogP contribution in [0.4, 0.5) is 0 Å². The summed E-state index contributed by atoms with van der Waals surface area (Å²) < 4.78 is 2.07. The molecule has 0 saturated heterocycles. The van der Waals surface area contributed by atoms with Gasteiger partial charge in [-0.3, -0.25) is 0 Å². The summed E-state index contributed by atoms with van der Waals surface area (Å²) in [7, 11) is 0. The number of hydrogen-bond acceptors (Lipinski definition) is 2. The molecule has 1 aromatic heterocycles. The van der Waals surface area contributed by atoms with Crippen molar-refractivity contribution >= 4 is 49.4 Å². The number of aromatic nitrogens is 1. The molecule has 0 amide bonds. The van der Waals surface area contributed by atoms with Crippen LogP contribution in [0.25, 0.3) is 10.9 Å². The van der Waals surface area contributed by atoms with E-state index in [-0.39, 0.29) is 0 Å². The van der Waals surface area contributed by atoms with Gasteiger partial charge in [-0.25, -0.2) is 4.98 Å². The maximum atomic E-state index is 8.72. The number of hydrogen-bond donors (Lipinski definition) is 0. The van der Waals surface area contributed by atoms with Crippen LogP contribution in [-0.2, 0) is 0 Å². The molecule has 14 heavy (non-hydrogen) atoms. The second kappa shape index (κ2) is 3.83. The third-order valence-corrected chi connectivity index (χ3v) is 3.11. The molecule has 0 radical (unpaired) electrons. The lowest BCUT2D eigenvalue weighted by Crippen LogP contribution is -1.87. The largest absolute Gasteiger partial charge is 0.236 e. The van der Waals surface area contributed by atoms with E-state index in [1.165, 1.54) is 0 Å². The second-order valence-corrected chi connectivity index (χ2v) is 4.85. The maximum absolute atomic E-state index is 8.72. The van der Waals surface area contributed by atoms with Crippen molar-refractivity contribution in [1.82, 2.24) is 4.98 Å². The summed E-state index contributed by atoms with van der Waals surface area (Å²) >= 11 is 5.64. The van der Waals surface area contributed by atoms with Gasteiger partial charge in [0.15, 0.2) is 0 Å². The number of halogens is 2. The first-order chi connectivity index (χ1) is 6.70. The zero-order chi connectivity index (χ0) is 10.1. The van der Waals surface area contributed by atoms with E-state index in [1.54, 1.807) is 6.07 Å². The fourth-order valence-corrected chi connectivity index (χ4v) is 2.89. The summed E-state index contributed by atoms with van der Waals surface area (Å²) in [5, 5.41) is 9.76. The van der Waals surface area contributed by atoms with E-state index in [2.05, 4.69) is 43.5 Å². The lowest BCUT2D eigenvalue weighted by molar-refractivity contribution is 1.32. The normalized spacial score (nSPS) is 10.1. The Bertz CT molecular complexity index is 546. The van der Waals surface area contributed by atoms with E-state index in [0.717, 1.165) is 18.9 Å². The van der Waals surface area contributed by atoms with Crippen molar-refractivity contribution < 1.29 is 0 Å². The van der Waals surface area contributed by atoms with Gasteiger partial charge in [-0.1, -0.05) is 15.9 Å². The molecule has 0 aliphatic rings.